The molecule has 1 saturated heterocycles. The molecule has 1 aromatic heterocycles. The Morgan fingerprint density at radius 1 is 1.31 bits per heavy atom. The highest BCUT2D eigenvalue weighted by molar-refractivity contribution is 5.74. The number of urea groups is 1. The van der Waals surface area contributed by atoms with Crippen molar-refractivity contribution in [2.24, 2.45) is 7.05 Å². The molecule has 1 aromatic carbocycles. The summed E-state index contributed by atoms with van der Waals surface area (Å²) in [7, 11) is 3.49. The molecule has 1 aliphatic rings. The number of ether oxygens (including phenoxy) is 1. The molecule has 0 aliphatic carbocycles. The second-order valence-corrected chi connectivity index (χ2v) is 6.42. The molecule has 1 aliphatic heterocycles. The van der Waals surface area contributed by atoms with E-state index < -0.39 is 0 Å². The van der Waals surface area contributed by atoms with Gasteiger partial charge in [-0.25, -0.2) is 4.79 Å². The summed E-state index contributed by atoms with van der Waals surface area (Å²) in [5, 5.41) is 20.4. The number of aliphatic hydroxyl groups is 1. The zero-order valence-corrected chi connectivity index (χ0v) is 15.2. The quantitative estimate of drug-likeness (QED) is 0.842. The number of methoxy groups -OCH3 is 1. The average Bonchev–Trinajstić information content (AvgIpc) is 3.07. The van der Waals surface area contributed by atoms with Gasteiger partial charge in [0.25, 0.3) is 0 Å². The van der Waals surface area contributed by atoms with Crippen molar-refractivity contribution in [2.75, 3.05) is 20.2 Å². The van der Waals surface area contributed by atoms with E-state index in [0.717, 1.165) is 30.0 Å². The highest BCUT2D eigenvalue weighted by Crippen LogP contribution is 2.27. The van der Waals surface area contributed by atoms with Gasteiger partial charge in [0.15, 0.2) is 5.82 Å². The summed E-state index contributed by atoms with van der Waals surface area (Å²) < 4.78 is 7.16. The zero-order chi connectivity index (χ0) is 18.5. The fraction of sp³-hybridized carbons (Fsp3) is 0.500. The van der Waals surface area contributed by atoms with Crippen LogP contribution >= 0.6 is 0 Å². The van der Waals surface area contributed by atoms with Gasteiger partial charge in [0.2, 0.25) is 0 Å². The number of nitrogens with one attached hydrogen (secondary N) is 1. The molecule has 2 N–H and O–H groups in total. The van der Waals surface area contributed by atoms with Gasteiger partial charge in [-0.05, 0) is 18.9 Å². The van der Waals surface area contributed by atoms with Crippen LogP contribution in [0.15, 0.2) is 24.3 Å². The number of rotatable bonds is 5. The Bertz CT molecular complexity index is 753. The monoisotopic (exact) mass is 359 g/mol. The van der Waals surface area contributed by atoms with Crippen LogP contribution in [0.3, 0.4) is 0 Å². The van der Waals surface area contributed by atoms with Crippen molar-refractivity contribution in [1.29, 1.82) is 0 Å². The zero-order valence-electron chi connectivity index (χ0n) is 15.2. The van der Waals surface area contributed by atoms with Crippen LogP contribution in [-0.2, 0) is 20.2 Å². The summed E-state index contributed by atoms with van der Waals surface area (Å²) >= 11 is 0. The van der Waals surface area contributed by atoms with E-state index in [1.165, 1.54) is 0 Å². The third-order valence-electron chi connectivity index (χ3n) is 4.91. The van der Waals surface area contributed by atoms with Gasteiger partial charge in [-0.3, -0.25) is 0 Å². The Morgan fingerprint density at radius 3 is 2.69 bits per heavy atom. The number of para-hydroxylation sites is 1. The molecule has 0 bridgehead atoms. The smallest absolute Gasteiger partial charge is 0.317 e. The van der Waals surface area contributed by atoms with Crippen LogP contribution in [0.2, 0.25) is 0 Å². The van der Waals surface area contributed by atoms with E-state index in [2.05, 4.69) is 15.5 Å². The van der Waals surface area contributed by atoms with Gasteiger partial charge in [0.1, 0.15) is 18.2 Å². The number of piperidine rings is 1. The van der Waals surface area contributed by atoms with E-state index in [9.17, 15) is 9.90 Å². The molecular weight excluding hydrogens is 334 g/mol. The van der Waals surface area contributed by atoms with Crippen LogP contribution in [0.1, 0.15) is 36.0 Å². The van der Waals surface area contributed by atoms with Crippen LogP contribution in [0, 0.1) is 0 Å². The van der Waals surface area contributed by atoms with Gasteiger partial charge in [-0.15, -0.1) is 10.2 Å². The van der Waals surface area contributed by atoms with Gasteiger partial charge in [-0.2, -0.15) is 0 Å². The molecule has 0 unspecified atom stereocenters. The highest BCUT2D eigenvalue weighted by Gasteiger charge is 2.27. The maximum Gasteiger partial charge on any atom is 0.317 e. The first-order valence-electron chi connectivity index (χ1n) is 8.77. The number of nitrogens with zero attached hydrogens (tertiary/aromatic N) is 4. The SMILES string of the molecule is COc1ccccc1CNC(=O)N1CCC(c2nnc(CO)n2C)CC1. The summed E-state index contributed by atoms with van der Waals surface area (Å²) in [6, 6.07) is 7.59. The summed E-state index contributed by atoms with van der Waals surface area (Å²) in [5.74, 6) is 2.47. The molecule has 0 spiro atoms. The van der Waals surface area contributed by atoms with E-state index in [-0.39, 0.29) is 18.6 Å². The summed E-state index contributed by atoms with van der Waals surface area (Å²) in [5.41, 5.74) is 0.953. The van der Waals surface area contributed by atoms with Gasteiger partial charge >= 0.3 is 6.03 Å². The molecule has 1 fully saturated rings. The lowest BCUT2D eigenvalue weighted by atomic mass is 9.96. The summed E-state index contributed by atoms with van der Waals surface area (Å²) in [6.45, 7) is 1.66. The Kier molecular flexibility index (Phi) is 5.72. The molecular formula is C18H25N5O3. The minimum atomic E-state index is -0.117. The maximum absolute atomic E-state index is 12.4. The lowest BCUT2D eigenvalue weighted by Gasteiger charge is -2.31. The third kappa shape index (κ3) is 3.80. The molecule has 2 heterocycles. The van der Waals surface area contributed by atoms with Crippen molar-refractivity contribution < 1.29 is 14.6 Å². The second-order valence-electron chi connectivity index (χ2n) is 6.42. The highest BCUT2D eigenvalue weighted by atomic mass is 16.5. The van der Waals surface area contributed by atoms with E-state index in [1.54, 1.807) is 7.11 Å². The number of carbonyl (C=O) groups is 1. The van der Waals surface area contributed by atoms with Crippen LogP contribution in [0.5, 0.6) is 5.75 Å². The summed E-state index contributed by atoms with van der Waals surface area (Å²) in [6.07, 6.45) is 1.67. The third-order valence-corrected chi connectivity index (χ3v) is 4.91. The predicted molar refractivity (Wildman–Crippen MR) is 95.7 cm³/mol. The largest absolute Gasteiger partial charge is 0.496 e. The number of benzene rings is 1. The van der Waals surface area contributed by atoms with Gasteiger partial charge < -0.3 is 24.6 Å². The molecule has 3 rings (SSSR count). The van der Waals surface area contributed by atoms with Crippen molar-refractivity contribution in [3.8, 4) is 5.75 Å². The number of amides is 2. The van der Waals surface area contributed by atoms with Crippen LogP contribution in [0.4, 0.5) is 4.79 Å². The molecule has 0 saturated carbocycles. The predicted octanol–water partition coefficient (Wildman–Crippen LogP) is 1.41. The summed E-state index contributed by atoms with van der Waals surface area (Å²) in [4.78, 5) is 14.3. The molecule has 26 heavy (non-hydrogen) atoms. The van der Waals surface area contributed by atoms with E-state index >= 15 is 0 Å². The Morgan fingerprint density at radius 2 is 2.04 bits per heavy atom. The standard InChI is InChI=1S/C18H25N5O3/c1-22-16(12-24)20-21-17(22)13-7-9-23(10-8-13)18(25)19-11-14-5-3-4-6-15(14)26-2/h3-6,13,24H,7-12H2,1-2H3,(H,19,25). The number of carbonyl (C=O) groups excluding carboxylic acids is 1. The topological polar surface area (TPSA) is 92.5 Å². The van der Waals surface area contributed by atoms with Crippen molar-refractivity contribution in [2.45, 2.75) is 31.9 Å². The molecule has 2 aromatic rings. The molecule has 2 amide bonds. The van der Waals surface area contributed by atoms with Gasteiger partial charge in [0.05, 0.1) is 7.11 Å². The maximum atomic E-state index is 12.4. The van der Waals surface area contributed by atoms with Crippen molar-refractivity contribution in [1.82, 2.24) is 25.0 Å². The minimum absolute atomic E-state index is 0.0663. The molecule has 0 atom stereocenters. The molecule has 0 radical (unpaired) electrons. The number of hydrogen-bond donors (Lipinski definition) is 2. The fourth-order valence-electron chi connectivity index (χ4n) is 3.34. The minimum Gasteiger partial charge on any atom is -0.496 e. The molecule has 8 heteroatoms. The van der Waals surface area contributed by atoms with Gasteiger partial charge in [0, 0.05) is 38.2 Å². The first kappa shape index (κ1) is 18.2. The van der Waals surface area contributed by atoms with E-state index in [0.29, 0.717) is 25.5 Å². The average molecular weight is 359 g/mol. The van der Waals surface area contributed by atoms with Crippen LogP contribution in [0.25, 0.3) is 0 Å². The van der Waals surface area contributed by atoms with Crippen molar-refractivity contribution in [3.63, 3.8) is 0 Å². The number of likely N-dealkylation sites (tertiary alicyclic amines) is 1. The Balaban J connectivity index is 1.52. The Labute approximate surface area is 152 Å². The number of aliphatic hydroxyl groups excluding tert-OH is 1. The fourth-order valence-corrected chi connectivity index (χ4v) is 3.34. The molecule has 140 valence electrons. The van der Waals surface area contributed by atoms with E-state index in [1.807, 2.05) is 40.8 Å². The molecule has 8 nitrogen and oxygen atoms in total. The first-order chi connectivity index (χ1) is 12.6. The normalized spacial score (nSPS) is 15.1. The van der Waals surface area contributed by atoms with Gasteiger partial charge in [-0.1, -0.05) is 18.2 Å². The van der Waals surface area contributed by atoms with E-state index in [4.69, 9.17) is 4.74 Å². The first-order valence-corrected chi connectivity index (χ1v) is 8.77. The van der Waals surface area contributed by atoms with Crippen molar-refractivity contribution in [3.05, 3.63) is 41.5 Å². The second kappa shape index (κ2) is 8.18. The lowest BCUT2D eigenvalue weighted by Crippen LogP contribution is -2.44. The number of hydrogen-bond acceptors (Lipinski definition) is 5. The lowest BCUT2D eigenvalue weighted by molar-refractivity contribution is 0.179. The number of aromatic nitrogens is 3. The van der Waals surface area contributed by atoms with Crippen LogP contribution in [-0.4, -0.2) is 51.0 Å². The Hall–Kier alpha value is -2.61. The van der Waals surface area contributed by atoms with Crippen molar-refractivity contribution >= 4 is 6.03 Å². The van der Waals surface area contributed by atoms with Crippen LogP contribution < -0.4 is 10.1 Å².